The molecule has 0 radical (unpaired) electrons. The van der Waals surface area contributed by atoms with E-state index in [9.17, 15) is 0 Å². The Labute approximate surface area is 133 Å². The molecule has 0 unspecified atom stereocenters. The van der Waals surface area contributed by atoms with Crippen LogP contribution in [0.1, 0.15) is 44.6 Å². The van der Waals surface area contributed by atoms with Crippen LogP contribution in [0.2, 0.25) is 5.15 Å². The van der Waals surface area contributed by atoms with Gasteiger partial charge in [0.2, 0.25) is 0 Å². The monoisotopic (exact) mass is 362 g/mol. The molecule has 2 rings (SSSR count). The van der Waals surface area contributed by atoms with Gasteiger partial charge in [-0.25, -0.2) is 9.97 Å². The van der Waals surface area contributed by atoms with Crippen LogP contribution in [0.4, 0.5) is 0 Å². The Morgan fingerprint density at radius 2 is 2.00 bits per heavy atom. The molecule has 1 aliphatic heterocycles. The van der Waals surface area contributed by atoms with Gasteiger partial charge in [0, 0.05) is 32.7 Å². The first-order valence-corrected chi connectivity index (χ1v) is 8.24. The Hall–Kier alpha value is -0.230. The molecule has 1 fully saturated rings. The minimum Gasteiger partial charge on any atom is -0.381 e. The number of aromatic nitrogens is 2. The van der Waals surface area contributed by atoms with E-state index in [2.05, 4.69) is 27.8 Å². The van der Waals surface area contributed by atoms with E-state index in [4.69, 9.17) is 26.1 Å². The van der Waals surface area contributed by atoms with Crippen molar-refractivity contribution in [3.8, 4) is 0 Å². The first kappa shape index (κ1) is 16.1. The molecule has 1 aliphatic rings. The summed E-state index contributed by atoms with van der Waals surface area (Å²) in [5.74, 6) is 0.694. The summed E-state index contributed by atoms with van der Waals surface area (Å²) in [7, 11) is 0. The molecular weight excluding hydrogens is 344 g/mol. The molecule has 0 bridgehead atoms. The molecule has 0 aliphatic carbocycles. The van der Waals surface area contributed by atoms with Gasteiger partial charge in [0.15, 0.2) is 5.82 Å². The van der Waals surface area contributed by atoms with Crippen LogP contribution in [0.25, 0.3) is 0 Å². The zero-order valence-corrected chi connectivity index (χ0v) is 14.3. The summed E-state index contributed by atoms with van der Waals surface area (Å²) in [4.78, 5) is 9.17. The number of halogens is 2. The van der Waals surface area contributed by atoms with Crippen molar-refractivity contribution >= 4 is 27.5 Å². The van der Waals surface area contributed by atoms with E-state index < -0.39 is 5.60 Å². The van der Waals surface area contributed by atoms with Crippen LogP contribution in [0.15, 0.2) is 4.47 Å². The summed E-state index contributed by atoms with van der Waals surface area (Å²) in [6, 6.07) is 0. The van der Waals surface area contributed by atoms with Gasteiger partial charge in [-0.3, -0.25) is 0 Å². The Balaban J connectivity index is 2.42. The van der Waals surface area contributed by atoms with Crippen LogP contribution < -0.4 is 0 Å². The molecule has 1 aromatic heterocycles. The summed E-state index contributed by atoms with van der Waals surface area (Å²) in [6.07, 6.45) is 3.42. The average molecular weight is 364 g/mol. The van der Waals surface area contributed by atoms with Gasteiger partial charge in [-0.1, -0.05) is 24.9 Å². The van der Waals surface area contributed by atoms with Gasteiger partial charge in [0.05, 0.1) is 10.2 Å². The maximum absolute atomic E-state index is 6.25. The van der Waals surface area contributed by atoms with E-state index in [0.717, 1.165) is 35.8 Å². The SMILES string of the molecule is CCCc1nc(C2(OCC)CCOCC2)nc(Cl)c1Br. The van der Waals surface area contributed by atoms with Crippen molar-refractivity contribution < 1.29 is 9.47 Å². The summed E-state index contributed by atoms with van der Waals surface area (Å²) in [5, 5.41) is 0.462. The molecule has 0 amide bonds. The van der Waals surface area contributed by atoms with Crippen molar-refractivity contribution in [3.05, 3.63) is 21.1 Å². The number of ether oxygens (including phenoxy) is 2. The zero-order chi connectivity index (χ0) is 14.6. The van der Waals surface area contributed by atoms with Crippen LogP contribution in [0.3, 0.4) is 0 Å². The smallest absolute Gasteiger partial charge is 0.162 e. The summed E-state index contributed by atoms with van der Waals surface area (Å²) in [6.45, 7) is 6.07. The summed E-state index contributed by atoms with van der Waals surface area (Å²) >= 11 is 9.72. The standard InChI is InChI=1S/C14H20BrClN2O2/c1-3-5-10-11(15)12(16)18-13(17-10)14(20-4-2)6-8-19-9-7-14/h3-9H2,1-2H3. The molecule has 0 N–H and O–H groups in total. The lowest BCUT2D eigenvalue weighted by Gasteiger charge is -2.35. The molecule has 0 aromatic carbocycles. The normalized spacial score (nSPS) is 18.2. The molecule has 2 heterocycles. The van der Waals surface area contributed by atoms with E-state index in [1.807, 2.05) is 6.92 Å². The minimum absolute atomic E-state index is 0.459. The molecule has 0 saturated carbocycles. The van der Waals surface area contributed by atoms with Crippen molar-refractivity contribution in [3.63, 3.8) is 0 Å². The fourth-order valence-electron chi connectivity index (χ4n) is 2.48. The molecule has 4 nitrogen and oxygen atoms in total. The van der Waals surface area contributed by atoms with Gasteiger partial charge in [-0.2, -0.15) is 0 Å². The lowest BCUT2D eigenvalue weighted by atomic mass is 9.92. The second-order valence-corrected chi connectivity index (χ2v) is 6.04. The Bertz CT molecular complexity index is 459. The highest BCUT2D eigenvalue weighted by atomic mass is 79.9. The fraction of sp³-hybridized carbons (Fsp3) is 0.714. The predicted molar refractivity (Wildman–Crippen MR) is 82.1 cm³/mol. The van der Waals surface area contributed by atoms with Crippen molar-refractivity contribution in [2.75, 3.05) is 19.8 Å². The summed E-state index contributed by atoms with van der Waals surface area (Å²) in [5.41, 5.74) is 0.493. The van der Waals surface area contributed by atoms with E-state index in [1.54, 1.807) is 0 Å². The topological polar surface area (TPSA) is 44.2 Å². The highest BCUT2D eigenvalue weighted by Gasteiger charge is 2.38. The lowest BCUT2D eigenvalue weighted by Crippen LogP contribution is -2.38. The quantitative estimate of drug-likeness (QED) is 0.745. The van der Waals surface area contributed by atoms with E-state index in [1.165, 1.54) is 0 Å². The number of hydrogen-bond acceptors (Lipinski definition) is 4. The highest BCUT2D eigenvalue weighted by molar-refractivity contribution is 9.10. The van der Waals surface area contributed by atoms with Crippen LogP contribution in [-0.2, 0) is 21.5 Å². The molecule has 20 heavy (non-hydrogen) atoms. The van der Waals surface area contributed by atoms with Crippen molar-refractivity contribution in [1.29, 1.82) is 0 Å². The molecule has 0 spiro atoms. The van der Waals surface area contributed by atoms with Crippen LogP contribution in [0, 0.1) is 0 Å². The van der Waals surface area contributed by atoms with Gasteiger partial charge >= 0.3 is 0 Å². The zero-order valence-electron chi connectivity index (χ0n) is 11.9. The Morgan fingerprint density at radius 1 is 1.30 bits per heavy atom. The number of aryl methyl sites for hydroxylation is 1. The van der Waals surface area contributed by atoms with Crippen molar-refractivity contribution in [2.24, 2.45) is 0 Å². The van der Waals surface area contributed by atoms with Crippen molar-refractivity contribution in [2.45, 2.75) is 45.1 Å². The van der Waals surface area contributed by atoms with Crippen LogP contribution in [-0.4, -0.2) is 29.8 Å². The lowest BCUT2D eigenvalue weighted by molar-refractivity contribution is -0.118. The van der Waals surface area contributed by atoms with Crippen LogP contribution in [0.5, 0.6) is 0 Å². The second-order valence-electron chi connectivity index (χ2n) is 4.89. The number of rotatable bonds is 5. The number of hydrogen-bond donors (Lipinski definition) is 0. The third-order valence-corrected chi connectivity index (χ3v) is 4.83. The molecule has 6 heteroatoms. The predicted octanol–water partition coefficient (Wildman–Crippen LogP) is 3.89. The van der Waals surface area contributed by atoms with Gasteiger partial charge in [-0.05, 0) is 29.3 Å². The molecule has 0 atom stereocenters. The van der Waals surface area contributed by atoms with Gasteiger partial charge in [0.1, 0.15) is 10.8 Å². The first-order chi connectivity index (χ1) is 9.63. The molecular formula is C14H20BrClN2O2. The van der Waals surface area contributed by atoms with E-state index >= 15 is 0 Å². The maximum atomic E-state index is 6.25. The van der Waals surface area contributed by atoms with Crippen LogP contribution >= 0.6 is 27.5 Å². The molecule has 1 aromatic rings. The second kappa shape index (κ2) is 7.16. The highest BCUT2D eigenvalue weighted by Crippen LogP contribution is 2.36. The first-order valence-electron chi connectivity index (χ1n) is 7.07. The third kappa shape index (κ3) is 3.32. The van der Waals surface area contributed by atoms with E-state index in [0.29, 0.717) is 30.8 Å². The fourth-order valence-corrected chi connectivity index (χ4v) is 3.04. The van der Waals surface area contributed by atoms with Crippen molar-refractivity contribution in [1.82, 2.24) is 9.97 Å². The number of nitrogens with zero attached hydrogens (tertiary/aromatic N) is 2. The van der Waals surface area contributed by atoms with Gasteiger partial charge in [-0.15, -0.1) is 0 Å². The maximum Gasteiger partial charge on any atom is 0.162 e. The van der Waals surface area contributed by atoms with Gasteiger partial charge in [0.25, 0.3) is 0 Å². The Morgan fingerprint density at radius 3 is 2.60 bits per heavy atom. The summed E-state index contributed by atoms with van der Waals surface area (Å²) < 4.78 is 12.2. The largest absolute Gasteiger partial charge is 0.381 e. The Kier molecular flexibility index (Phi) is 5.78. The minimum atomic E-state index is -0.459. The average Bonchev–Trinajstić information content (AvgIpc) is 2.45. The molecule has 1 saturated heterocycles. The third-order valence-electron chi connectivity index (χ3n) is 3.49. The molecule has 112 valence electrons. The van der Waals surface area contributed by atoms with Gasteiger partial charge < -0.3 is 9.47 Å². The van der Waals surface area contributed by atoms with E-state index in [-0.39, 0.29) is 0 Å².